The number of hydrogen-bond acceptors (Lipinski definition) is 3. The molecule has 0 aromatic rings. The van der Waals surface area contributed by atoms with Gasteiger partial charge in [0.2, 0.25) is 17.7 Å². The van der Waals surface area contributed by atoms with Crippen molar-refractivity contribution in [2.45, 2.75) is 46.6 Å². The third-order valence-corrected chi connectivity index (χ3v) is 4.23. The fourth-order valence-corrected chi connectivity index (χ4v) is 2.48. The van der Waals surface area contributed by atoms with Crippen LogP contribution in [-0.2, 0) is 14.4 Å². The molecule has 1 N–H and O–H groups in total. The molecule has 1 saturated carbocycles. The second-order valence-electron chi connectivity index (χ2n) is 7.37. The van der Waals surface area contributed by atoms with Crippen molar-refractivity contribution < 1.29 is 14.4 Å². The molecule has 2 fully saturated rings. The van der Waals surface area contributed by atoms with Crippen LogP contribution >= 0.6 is 0 Å². The molecule has 2 rings (SSSR count). The molecular formula is C16H27N3O3. The summed E-state index contributed by atoms with van der Waals surface area (Å²) in [5, 5.41) is 2.77. The zero-order chi connectivity index (χ0) is 16.5. The van der Waals surface area contributed by atoms with Gasteiger partial charge in [-0.1, -0.05) is 20.8 Å². The highest BCUT2D eigenvalue weighted by Gasteiger charge is 2.36. The minimum atomic E-state index is -0.530. The first-order valence-corrected chi connectivity index (χ1v) is 8.08. The van der Waals surface area contributed by atoms with Gasteiger partial charge in [0.1, 0.15) is 6.04 Å². The first-order chi connectivity index (χ1) is 10.2. The quantitative estimate of drug-likeness (QED) is 0.831. The highest BCUT2D eigenvalue weighted by atomic mass is 16.2. The van der Waals surface area contributed by atoms with Crippen molar-refractivity contribution in [2.75, 3.05) is 26.2 Å². The van der Waals surface area contributed by atoms with Gasteiger partial charge in [0.15, 0.2) is 0 Å². The van der Waals surface area contributed by atoms with E-state index in [1.54, 1.807) is 11.8 Å². The summed E-state index contributed by atoms with van der Waals surface area (Å²) in [5.74, 6) is 0.264. The van der Waals surface area contributed by atoms with E-state index in [1.165, 1.54) is 0 Å². The van der Waals surface area contributed by atoms with E-state index in [4.69, 9.17) is 0 Å². The zero-order valence-electron chi connectivity index (χ0n) is 14.0. The van der Waals surface area contributed by atoms with Crippen LogP contribution in [0.4, 0.5) is 0 Å². The molecule has 0 aromatic carbocycles. The first-order valence-electron chi connectivity index (χ1n) is 8.08. The van der Waals surface area contributed by atoms with Crippen molar-refractivity contribution >= 4 is 17.7 Å². The molecule has 6 heteroatoms. The minimum absolute atomic E-state index is 0.0730. The standard InChI is InChI=1S/C16H27N3O3/c1-11(17-15(22)16(2,3)4)13(20)18-7-9-19(10-8-18)14(21)12-5-6-12/h11-12H,5-10H2,1-4H3,(H,17,22)/t11-/m1/s1. The number of amides is 3. The molecule has 1 aliphatic heterocycles. The van der Waals surface area contributed by atoms with E-state index >= 15 is 0 Å². The normalized spacial score (nSPS) is 20.5. The van der Waals surface area contributed by atoms with Crippen LogP contribution in [0.1, 0.15) is 40.5 Å². The van der Waals surface area contributed by atoms with E-state index in [1.807, 2.05) is 25.7 Å². The lowest BCUT2D eigenvalue weighted by atomic mass is 9.95. The van der Waals surface area contributed by atoms with E-state index in [0.717, 1.165) is 12.8 Å². The molecule has 0 radical (unpaired) electrons. The molecule has 3 amide bonds. The Balaban J connectivity index is 1.81. The van der Waals surface area contributed by atoms with Gasteiger partial charge < -0.3 is 15.1 Å². The van der Waals surface area contributed by atoms with Crippen LogP contribution < -0.4 is 5.32 Å². The SMILES string of the molecule is C[C@@H](NC(=O)C(C)(C)C)C(=O)N1CCN(C(=O)C2CC2)CC1. The van der Waals surface area contributed by atoms with Crippen molar-refractivity contribution in [1.82, 2.24) is 15.1 Å². The maximum Gasteiger partial charge on any atom is 0.244 e. The smallest absolute Gasteiger partial charge is 0.244 e. The Labute approximate surface area is 132 Å². The van der Waals surface area contributed by atoms with Crippen LogP contribution in [0.15, 0.2) is 0 Å². The fourth-order valence-electron chi connectivity index (χ4n) is 2.48. The minimum Gasteiger partial charge on any atom is -0.344 e. The molecule has 0 spiro atoms. The van der Waals surface area contributed by atoms with Gasteiger partial charge in [0, 0.05) is 37.5 Å². The van der Waals surface area contributed by atoms with Gasteiger partial charge >= 0.3 is 0 Å². The average molecular weight is 309 g/mol. The van der Waals surface area contributed by atoms with Crippen LogP contribution in [0.5, 0.6) is 0 Å². The summed E-state index contributed by atoms with van der Waals surface area (Å²) in [6.45, 7) is 9.47. The second kappa shape index (κ2) is 6.26. The molecule has 1 heterocycles. The lowest BCUT2D eigenvalue weighted by molar-refractivity contribution is -0.142. The molecule has 2 aliphatic rings. The number of piperazine rings is 1. The average Bonchev–Trinajstić information content (AvgIpc) is 3.29. The molecule has 1 atom stereocenters. The van der Waals surface area contributed by atoms with Crippen molar-refractivity contribution in [2.24, 2.45) is 11.3 Å². The number of rotatable bonds is 3. The van der Waals surface area contributed by atoms with Crippen molar-refractivity contribution in [1.29, 1.82) is 0 Å². The molecule has 1 saturated heterocycles. The first kappa shape index (κ1) is 16.8. The van der Waals surface area contributed by atoms with Crippen LogP contribution in [0, 0.1) is 11.3 Å². The number of carbonyl (C=O) groups excluding carboxylic acids is 3. The molecule has 0 bridgehead atoms. The van der Waals surface area contributed by atoms with Crippen molar-refractivity contribution in [3.8, 4) is 0 Å². The lowest BCUT2D eigenvalue weighted by Gasteiger charge is -2.36. The van der Waals surface area contributed by atoms with Gasteiger partial charge in [-0.3, -0.25) is 14.4 Å². The third kappa shape index (κ3) is 3.99. The van der Waals surface area contributed by atoms with Gasteiger partial charge in [-0.15, -0.1) is 0 Å². The van der Waals surface area contributed by atoms with Crippen LogP contribution in [-0.4, -0.2) is 59.7 Å². The Kier molecular flexibility index (Phi) is 4.78. The van der Waals surface area contributed by atoms with Gasteiger partial charge in [-0.05, 0) is 19.8 Å². The van der Waals surface area contributed by atoms with Crippen molar-refractivity contribution in [3.63, 3.8) is 0 Å². The van der Waals surface area contributed by atoms with Gasteiger partial charge in [-0.25, -0.2) is 0 Å². The van der Waals surface area contributed by atoms with Crippen molar-refractivity contribution in [3.05, 3.63) is 0 Å². The monoisotopic (exact) mass is 309 g/mol. The second-order valence-corrected chi connectivity index (χ2v) is 7.37. The van der Waals surface area contributed by atoms with E-state index in [9.17, 15) is 14.4 Å². The van der Waals surface area contributed by atoms with Crippen LogP contribution in [0.25, 0.3) is 0 Å². The van der Waals surface area contributed by atoms with Crippen LogP contribution in [0.3, 0.4) is 0 Å². The van der Waals surface area contributed by atoms with Gasteiger partial charge in [-0.2, -0.15) is 0 Å². The fraction of sp³-hybridized carbons (Fsp3) is 0.812. The molecule has 22 heavy (non-hydrogen) atoms. The maximum absolute atomic E-state index is 12.4. The summed E-state index contributed by atoms with van der Waals surface area (Å²) in [6.07, 6.45) is 2.02. The van der Waals surface area contributed by atoms with E-state index in [2.05, 4.69) is 5.32 Å². The Morgan fingerprint density at radius 3 is 1.95 bits per heavy atom. The summed E-state index contributed by atoms with van der Waals surface area (Å²) >= 11 is 0. The molecule has 6 nitrogen and oxygen atoms in total. The predicted octanol–water partition coefficient (Wildman–Crippen LogP) is 0.618. The molecule has 1 aliphatic carbocycles. The van der Waals surface area contributed by atoms with Gasteiger partial charge in [0.25, 0.3) is 0 Å². The highest BCUT2D eigenvalue weighted by Crippen LogP contribution is 2.31. The summed E-state index contributed by atoms with van der Waals surface area (Å²) in [6, 6.07) is -0.530. The summed E-state index contributed by atoms with van der Waals surface area (Å²) < 4.78 is 0. The maximum atomic E-state index is 12.4. The molecule has 0 aromatic heterocycles. The number of nitrogens with zero attached hydrogens (tertiary/aromatic N) is 2. The summed E-state index contributed by atoms with van der Waals surface area (Å²) in [7, 11) is 0. The molecule has 124 valence electrons. The number of nitrogens with one attached hydrogen (secondary N) is 1. The predicted molar refractivity (Wildman–Crippen MR) is 82.9 cm³/mol. The molecule has 0 unspecified atom stereocenters. The van der Waals surface area contributed by atoms with E-state index in [0.29, 0.717) is 26.2 Å². The van der Waals surface area contributed by atoms with E-state index < -0.39 is 11.5 Å². The highest BCUT2D eigenvalue weighted by molar-refractivity contribution is 5.89. The third-order valence-electron chi connectivity index (χ3n) is 4.23. The Hall–Kier alpha value is -1.59. The Bertz CT molecular complexity index is 458. The van der Waals surface area contributed by atoms with E-state index in [-0.39, 0.29) is 23.6 Å². The Morgan fingerprint density at radius 2 is 1.50 bits per heavy atom. The summed E-state index contributed by atoms with van der Waals surface area (Å²) in [4.78, 5) is 39.9. The lowest BCUT2D eigenvalue weighted by Crippen LogP contribution is -2.56. The number of carbonyl (C=O) groups is 3. The largest absolute Gasteiger partial charge is 0.344 e. The van der Waals surface area contributed by atoms with Gasteiger partial charge in [0.05, 0.1) is 0 Å². The van der Waals surface area contributed by atoms with Crippen LogP contribution in [0.2, 0.25) is 0 Å². The zero-order valence-corrected chi connectivity index (χ0v) is 14.0. The topological polar surface area (TPSA) is 69.7 Å². The Morgan fingerprint density at radius 1 is 1.00 bits per heavy atom. The number of hydrogen-bond donors (Lipinski definition) is 1. The summed E-state index contributed by atoms with van der Waals surface area (Å²) in [5.41, 5.74) is -0.510. The molecular weight excluding hydrogens is 282 g/mol.